The fourth-order valence-electron chi connectivity index (χ4n) is 4.91. The average Bonchev–Trinajstić information content (AvgIpc) is 3.33. The van der Waals surface area contributed by atoms with Crippen LogP contribution in [-0.2, 0) is 30.0 Å². The molecule has 190 valence electrons. The number of hydrogen-bond acceptors (Lipinski definition) is 8. The van der Waals surface area contributed by atoms with E-state index in [1.165, 1.54) is 19.9 Å². The van der Waals surface area contributed by atoms with E-state index in [9.17, 15) is 33.0 Å². The Labute approximate surface area is 203 Å². The van der Waals surface area contributed by atoms with Crippen molar-refractivity contribution in [2.45, 2.75) is 49.9 Å². The van der Waals surface area contributed by atoms with Crippen molar-refractivity contribution in [2.24, 2.45) is 0 Å². The summed E-state index contributed by atoms with van der Waals surface area (Å²) in [6.07, 6.45) is -8.04. The lowest BCUT2D eigenvalue weighted by atomic mass is 9.74. The predicted octanol–water partition coefficient (Wildman–Crippen LogP) is 2.23. The number of nitrogens with one attached hydrogen (secondary N) is 1. The Bertz CT molecular complexity index is 1150. The number of allylic oxidation sites excluding steroid dienone is 2. The van der Waals surface area contributed by atoms with Crippen LogP contribution in [0.15, 0.2) is 40.7 Å². The Balaban J connectivity index is 1.90. The van der Waals surface area contributed by atoms with E-state index < -0.39 is 65.0 Å². The molecule has 0 aliphatic carbocycles. The van der Waals surface area contributed by atoms with Crippen LogP contribution >= 0.6 is 11.6 Å². The highest BCUT2D eigenvalue weighted by molar-refractivity contribution is 6.32. The number of fused-ring (bicyclic) bond motifs is 1. The minimum absolute atomic E-state index is 0.144. The largest absolute Gasteiger partial charge is 0.466 e. The first-order valence-electron chi connectivity index (χ1n) is 10.6. The van der Waals surface area contributed by atoms with Gasteiger partial charge in [0.15, 0.2) is 11.4 Å². The molecular formula is C23H23ClF3NO7. The van der Waals surface area contributed by atoms with Crippen LogP contribution in [0, 0.1) is 0 Å². The smallest absolute Gasteiger partial charge is 0.417 e. The van der Waals surface area contributed by atoms with Crippen molar-refractivity contribution in [3.63, 3.8) is 0 Å². The highest BCUT2D eigenvalue weighted by Gasteiger charge is 2.61. The fourth-order valence-corrected chi connectivity index (χ4v) is 5.26. The molecule has 0 amide bonds. The molecule has 4 rings (SSSR count). The van der Waals surface area contributed by atoms with Gasteiger partial charge in [0, 0.05) is 22.9 Å². The number of ether oxygens (including phenoxy) is 3. The minimum atomic E-state index is -4.80. The quantitative estimate of drug-likeness (QED) is 0.521. The third-order valence-electron chi connectivity index (χ3n) is 6.54. The number of aliphatic hydroxyl groups is 2. The molecule has 0 aromatic heterocycles. The van der Waals surface area contributed by atoms with Gasteiger partial charge in [0.25, 0.3) is 0 Å². The summed E-state index contributed by atoms with van der Waals surface area (Å²) in [5, 5.41) is 23.6. The topological polar surface area (TPSA) is 114 Å². The van der Waals surface area contributed by atoms with E-state index in [1.54, 1.807) is 0 Å². The fraction of sp³-hybridized carbons (Fsp3) is 0.478. The SMILES string of the molecule is COC(=O)C1=C(C)NC(C)=C(C(=O)[C@@]2(O)CO[C@@H]3[C@@H](O)CO[C@@H]32)C1c1cccc(C(F)(F)F)c1Cl. The molecule has 8 nitrogen and oxygen atoms in total. The molecule has 12 heteroatoms. The summed E-state index contributed by atoms with van der Waals surface area (Å²) in [4.78, 5) is 26.7. The summed E-state index contributed by atoms with van der Waals surface area (Å²) in [6.45, 7) is 2.30. The number of benzene rings is 1. The van der Waals surface area contributed by atoms with E-state index in [0.717, 1.165) is 19.2 Å². The summed E-state index contributed by atoms with van der Waals surface area (Å²) < 4.78 is 56.6. The molecule has 35 heavy (non-hydrogen) atoms. The van der Waals surface area contributed by atoms with Gasteiger partial charge in [-0.1, -0.05) is 23.7 Å². The Hall–Kier alpha value is -2.44. The third-order valence-corrected chi connectivity index (χ3v) is 6.96. The van der Waals surface area contributed by atoms with Crippen molar-refractivity contribution in [3.05, 3.63) is 56.9 Å². The van der Waals surface area contributed by atoms with Crippen LogP contribution in [0.5, 0.6) is 0 Å². The molecule has 1 unspecified atom stereocenters. The molecule has 5 atom stereocenters. The third kappa shape index (κ3) is 4.05. The predicted molar refractivity (Wildman–Crippen MR) is 115 cm³/mol. The lowest BCUT2D eigenvalue weighted by Crippen LogP contribution is -2.52. The second-order valence-electron chi connectivity index (χ2n) is 8.68. The van der Waals surface area contributed by atoms with Gasteiger partial charge in [-0.2, -0.15) is 13.2 Å². The van der Waals surface area contributed by atoms with Crippen molar-refractivity contribution < 1.29 is 47.2 Å². The lowest BCUT2D eigenvalue weighted by Gasteiger charge is -2.35. The Morgan fingerprint density at radius 3 is 2.49 bits per heavy atom. The summed E-state index contributed by atoms with van der Waals surface area (Å²) >= 11 is 6.21. The second kappa shape index (κ2) is 8.90. The van der Waals surface area contributed by atoms with Gasteiger partial charge >= 0.3 is 12.1 Å². The van der Waals surface area contributed by atoms with Gasteiger partial charge in [-0.05, 0) is 25.5 Å². The molecule has 0 saturated carbocycles. The zero-order chi connectivity index (χ0) is 25.9. The first-order chi connectivity index (χ1) is 16.3. The number of dihydropyridines is 1. The zero-order valence-electron chi connectivity index (χ0n) is 18.9. The normalized spacial score (nSPS) is 30.9. The number of ketones is 1. The van der Waals surface area contributed by atoms with Gasteiger partial charge in [-0.3, -0.25) is 4.79 Å². The molecule has 0 bridgehead atoms. The number of hydrogen-bond donors (Lipinski definition) is 3. The van der Waals surface area contributed by atoms with Gasteiger partial charge < -0.3 is 29.7 Å². The number of methoxy groups -OCH3 is 1. The van der Waals surface area contributed by atoms with Crippen LogP contribution in [0.2, 0.25) is 5.02 Å². The summed E-state index contributed by atoms with van der Waals surface area (Å²) in [5.74, 6) is -3.23. The van der Waals surface area contributed by atoms with E-state index in [0.29, 0.717) is 0 Å². The van der Waals surface area contributed by atoms with Gasteiger partial charge in [0.1, 0.15) is 18.3 Å². The monoisotopic (exact) mass is 517 g/mol. The Morgan fingerprint density at radius 1 is 1.20 bits per heavy atom. The van der Waals surface area contributed by atoms with Crippen LogP contribution in [-0.4, -0.2) is 66.2 Å². The van der Waals surface area contributed by atoms with Crippen LogP contribution in [0.25, 0.3) is 0 Å². The molecule has 1 aromatic carbocycles. The van der Waals surface area contributed by atoms with Gasteiger partial charge in [0.2, 0.25) is 0 Å². The standard InChI is InChI=1S/C23H23ClF3NO7/c1-9-14(19(30)22(32)8-35-18-13(29)7-34-20(18)22)16(15(10(2)28-9)21(31)33-3)11-5-4-6-12(17(11)24)23(25,26)27/h4-6,13,16,18,20,28-29,32H,7-8H2,1-3H3/t13-,16?,18+,20-,22-/m0/s1. The van der Waals surface area contributed by atoms with Crippen molar-refractivity contribution in [2.75, 3.05) is 20.3 Å². The Morgan fingerprint density at radius 2 is 1.86 bits per heavy atom. The molecule has 2 fully saturated rings. The summed E-state index contributed by atoms with van der Waals surface area (Å²) in [6, 6.07) is 3.18. The van der Waals surface area contributed by atoms with E-state index in [1.807, 2.05) is 0 Å². The number of rotatable bonds is 4. The molecular weight excluding hydrogens is 495 g/mol. The van der Waals surface area contributed by atoms with E-state index in [4.69, 9.17) is 25.8 Å². The van der Waals surface area contributed by atoms with E-state index in [2.05, 4.69) is 5.32 Å². The number of aliphatic hydroxyl groups excluding tert-OH is 1. The minimum Gasteiger partial charge on any atom is -0.466 e. The number of alkyl halides is 3. The number of carbonyl (C=O) groups is 2. The molecule has 3 N–H and O–H groups in total. The van der Waals surface area contributed by atoms with Crippen molar-refractivity contribution in [1.29, 1.82) is 0 Å². The van der Waals surface area contributed by atoms with Crippen LogP contribution < -0.4 is 5.32 Å². The van der Waals surface area contributed by atoms with Crippen LogP contribution in [0.3, 0.4) is 0 Å². The van der Waals surface area contributed by atoms with E-state index >= 15 is 0 Å². The van der Waals surface area contributed by atoms with Crippen LogP contribution in [0.4, 0.5) is 13.2 Å². The first kappa shape index (κ1) is 25.6. The van der Waals surface area contributed by atoms with Crippen molar-refractivity contribution in [1.82, 2.24) is 5.32 Å². The number of carbonyl (C=O) groups excluding carboxylic acids is 2. The maximum atomic E-state index is 13.9. The zero-order valence-corrected chi connectivity index (χ0v) is 19.7. The maximum absolute atomic E-state index is 13.9. The van der Waals surface area contributed by atoms with Crippen molar-refractivity contribution in [3.8, 4) is 0 Å². The molecule has 3 heterocycles. The molecule has 2 saturated heterocycles. The highest BCUT2D eigenvalue weighted by Crippen LogP contribution is 2.47. The number of esters is 1. The Kier molecular flexibility index (Phi) is 6.52. The van der Waals surface area contributed by atoms with Crippen molar-refractivity contribution >= 4 is 23.4 Å². The first-order valence-corrected chi connectivity index (χ1v) is 11.0. The summed E-state index contributed by atoms with van der Waals surface area (Å²) in [7, 11) is 1.09. The molecule has 0 spiro atoms. The molecule has 1 aromatic rings. The molecule has 3 aliphatic heterocycles. The average molecular weight is 518 g/mol. The second-order valence-corrected chi connectivity index (χ2v) is 9.06. The van der Waals surface area contributed by atoms with E-state index in [-0.39, 0.29) is 34.7 Å². The highest BCUT2D eigenvalue weighted by atomic mass is 35.5. The van der Waals surface area contributed by atoms with Gasteiger partial charge in [-0.15, -0.1) is 0 Å². The lowest BCUT2D eigenvalue weighted by molar-refractivity contribution is -0.144. The molecule has 3 aliphatic rings. The maximum Gasteiger partial charge on any atom is 0.417 e. The summed E-state index contributed by atoms with van der Waals surface area (Å²) in [5.41, 5.74) is -3.50. The molecule has 0 radical (unpaired) electrons. The number of Topliss-reactive ketones (excluding diaryl/α,β-unsaturated/α-hetero) is 1. The number of halogens is 4. The van der Waals surface area contributed by atoms with Gasteiger partial charge in [-0.25, -0.2) is 4.79 Å². The van der Waals surface area contributed by atoms with Gasteiger partial charge in [0.05, 0.1) is 36.5 Å². The van der Waals surface area contributed by atoms with Crippen LogP contribution in [0.1, 0.15) is 30.9 Å².